The van der Waals surface area contributed by atoms with E-state index in [0.29, 0.717) is 0 Å². The number of unbranched alkanes of at least 4 members (excludes halogenated alkanes) is 2. The third-order valence-corrected chi connectivity index (χ3v) is 3.13. The van der Waals surface area contributed by atoms with Crippen LogP contribution in [0.15, 0.2) is 4.99 Å². The van der Waals surface area contributed by atoms with Gasteiger partial charge in [0, 0.05) is 20.1 Å². The van der Waals surface area contributed by atoms with E-state index in [-0.39, 0.29) is 0 Å². The molecule has 2 N–H and O–H groups in total. The van der Waals surface area contributed by atoms with Crippen LogP contribution in [-0.4, -0.2) is 50.6 Å². The van der Waals surface area contributed by atoms with E-state index in [4.69, 9.17) is 0 Å². The summed E-state index contributed by atoms with van der Waals surface area (Å²) in [6.07, 6.45) is 4.93. The number of guanidine groups is 1. The van der Waals surface area contributed by atoms with E-state index in [1.807, 2.05) is 7.05 Å². The second-order valence-corrected chi connectivity index (χ2v) is 4.51. The van der Waals surface area contributed by atoms with Gasteiger partial charge in [0.1, 0.15) is 0 Å². The number of hydrogen-bond acceptors (Lipinski definition) is 2. The van der Waals surface area contributed by atoms with Crippen molar-refractivity contribution in [3.05, 3.63) is 0 Å². The minimum absolute atomic E-state index is 0.936. The van der Waals surface area contributed by atoms with E-state index < -0.39 is 0 Å². The van der Waals surface area contributed by atoms with E-state index >= 15 is 0 Å². The van der Waals surface area contributed by atoms with Crippen LogP contribution in [0.3, 0.4) is 0 Å². The van der Waals surface area contributed by atoms with Crippen molar-refractivity contribution in [3.8, 4) is 0 Å². The second kappa shape index (κ2) is 12.7. The molecule has 0 unspecified atom stereocenters. The molecule has 0 rings (SSSR count). The van der Waals surface area contributed by atoms with Crippen LogP contribution >= 0.6 is 0 Å². The van der Waals surface area contributed by atoms with Crippen LogP contribution < -0.4 is 10.6 Å². The van der Waals surface area contributed by atoms with Gasteiger partial charge in [0.15, 0.2) is 5.96 Å². The topological polar surface area (TPSA) is 39.7 Å². The molecule has 4 nitrogen and oxygen atoms in total. The van der Waals surface area contributed by atoms with Gasteiger partial charge in [-0.2, -0.15) is 0 Å². The lowest BCUT2D eigenvalue weighted by Crippen LogP contribution is -2.39. The molecule has 108 valence electrons. The maximum atomic E-state index is 4.22. The van der Waals surface area contributed by atoms with Crippen molar-refractivity contribution >= 4 is 5.96 Å². The Balaban J connectivity index is 3.56. The highest BCUT2D eigenvalue weighted by Crippen LogP contribution is 1.91. The van der Waals surface area contributed by atoms with Gasteiger partial charge in [-0.05, 0) is 32.5 Å². The number of aliphatic imine (C=N–C) groups is 1. The van der Waals surface area contributed by atoms with E-state index in [1.54, 1.807) is 0 Å². The number of nitrogens with zero attached hydrogens (tertiary/aromatic N) is 2. The van der Waals surface area contributed by atoms with E-state index in [2.05, 4.69) is 41.3 Å². The molecule has 0 saturated heterocycles. The Morgan fingerprint density at radius 3 is 2.06 bits per heavy atom. The molecule has 0 aromatic heterocycles. The monoisotopic (exact) mass is 256 g/mol. The van der Waals surface area contributed by atoms with Gasteiger partial charge in [-0.3, -0.25) is 4.99 Å². The molecule has 0 aliphatic rings. The van der Waals surface area contributed by atoms with Gasteiger partial charge in [0.05, 0.1) is 0 Å². The molecule has 0 aromatic rings. The number of rotatable bonds is 10. The number of hydrogen-bond donors (Lipinski definition) is 2. The average Bonchev–Trinajstić information content (AvgIpc) is 2.41. The lowest BCUT2D eigenvalue weighted by atomic mass is 10.2. The second-order valence-electron chi connectivity index (χ2n) is 4.51. The minimum atomic E-state index is 0.936. The quantitative estimate of drug-likeness (QED) is 0.357. The first-order valence-corrected chi connectivity index (χ1v) is 7.45. The summed E-state index contributed by atoms with van der Waals surface area (Å²) in [5, 5.41) is 6.71. The molecule has 0 radical (unpaired) electrons. The van der Waals surface area contributed by atoms with Gasteiger partial charge in [-0.15, -0.1) is 0 Å². The maximum absolute atomic E-state index is 4.22. The first kappa shape index (κ1) is 17.2. The summed E-state index contributed by atoms with van der Waals surface area (Å²) < 4.78 is 0. The third kappa shape index (κ3) is 9.28. The van der Waals surface area contributed by atoms with Crippen LogP contribution in [0, 0.1) is 0 Å². The first-order chi connectivity index (χ1) is 8.78. The van der Waals surface area contributed by atoms with Crippen LogP contribution in [0.4, 0.5) is 0 Å². The van der Waals surface area contributed by atoms with Crippen LogP contribution in [0.1, 0.15) is 46.5 Å². The zero-order chi connectivity index (χ0) is 13.6. The zero-order valence-corrected chi connectivity index (χ0v) is 12.8. The molecule has 0 saturated carbocycles. The largest absolute Gasteiger partial charge is 0.356 e. The first-order valence-electron chi connectivity index (χ1n) is 7.45. The third-order valence-electron chi connectivity index (χ3n) is 3.13. The van der Waals surface area contributed by atoms with Gasteiger partial charge in [-0.25, -0.2) is 0 Å². The van der Waals surface area contributed by atoms with E-state index in [0.717, 1.165) is 45.1 Å². The fraction of sp³-hybridized carbons (Fsp3) is 0.929. The molecule has 0 aromatic carbocycles. The molecule has 0 aliphatic carbocycles. The Bertz CT molecular complexity index is 200. The molecular weight excluding hydrogens is 224 g/mol. The summed E-state index contributed by atoms with van der Waals surface area (Å²) in [7, 11) is 1.83. The van der Waals surface area contributed by atoms with Gasteiger partial charge >= 0.3 is 0 Å². The number of nitrogens with one attached hydrogen (secondary N) is 2. The van der Waals surface area contributed by atoms with Gasteiger partial charge in [0.25, 0.3) is 0 Å². The van der Waals surface area contributed by atoms with Crippen LogP contribution in [0.5, 0.6) is 0 Å². The Labute approximate surface area is 113 Å². The lowest BCUT2D eigenvalue weighted by Gasteiger charge is -2.18. The van der Waals surface area contributed by atoms with Gasteiger partial charge < -0.3 is 15.5 Å². The smallest absolute Gasteiger partial charge is 0.190 e. The van der Waals surface area contributed by atoms with Gasteiger partial charge in [0.2, 0.25) is 0 Å². The van der Waals surface area contributed by atoms with Crippen molar-refractivity contribution < 1.29 is 0 Å². The summed E-state index contributed by atoms with van der Waals surface area (Å²) in [6, 6.07) is 0. The molecular formula is C14H32N4. The summed E-state index contributed by atoms with van der Waals surface area (Å²) in [6.45, 7) is 12.1. The van der Waals surface area contributed by atoms with E-state index in [9.17, 15) is 0 Å². The molecule has 0 spiro atoms. The summed E-state index contributed by atoms with van der Waals surface area (Å²) in [5.74, 6) is 0.936. The average molecular weight is 256 g/mol. The zero-order valence-electron chi connectivity index (χ0n) is 12.8. The molecule has 0 atom stereocenters. The molecule has 18 heavy (non-hydrogen) atoms. The van der Waals surface area contributed by atoms with Crippen molar-refractivity contribution in [2.24, 2.45) is 4.99 Å². The van der Waals surface area contributed by atoms with Crippen molar-refractivity contribution in [2.45, 2.75) is 46.5 Å². The standard InChI is InChI=1S/C14H32N4/c1-5-8-9-11-16-14(15-4)17-12-10-13-18(6-2)7-3/h5-13H2,1-4H3,(H2,15,16,17). The molecule has 0 aliphatic heterocycles. The van der Waals surface area contributed by atoms with Crippen molar-refractivity contribution in [1.29, 1.82) is 0 Å². The fourth-order valence-corrected chi connectivity index (χ4v) is 1.85. The van der Waals surface area contributed by atoms with Gasteiger partial charge in [-0.1, -0.05) is 33.6 Å². The molecule has 4 heteroatoms. The van der Waals surface area contributed by atoms with Crippen LogP contribution in [0.2, 0.25) is 0 Å². The maximum Gasteiger partial charge on any atom is 0.190 e. The van der Waals surface area contributed by atoms with Crippen LogP contribution in [-0.2, 0) is 0 Å². The van der Waals surface area contributed by atoms with Crippen molar-refractivity contribution in [3.63, 3.8) is 0 Å². The summed E-state index contributed by atoms with van der Waals surface area (Å²) >= 11 is 0. The summed E-state index contributed by atoms with van der Waals surface area (Å²) in [5.41, 5.74) is 0. The van der Waals surface area contributed by atoms with Crippen LogP contribution in [0.25, 0.3) is 0 Å². The normalized spacial score (nSPS) is 11.9. The highest BCUT2D eigenvalue weighted by molar-refractivity contribution is 5.79. The van der Waals surface area contributed by atoms with E-state index in [1.165, 1.54) is 19.3 Å². The molecule has 0 fully saturated rings. The molecule has 0 bridgehead atoms. The Morgan fingerprint density at radius 1 is 0.944 bits per heavy atom. The van der Waals surface area contributed by atoms with Crippen molar-refractivity contribution in [1.82, 2.24) is 15.5 Å². The predicted octanol–water partition coefficient (Wildman–Crippen LogP) is 2.07. The minimum Gasteiger partial charge on any atom is -0.356 e. The Hall–Kier alpha value is -0.770. The molecule has 0 heterocycles. The predicted molar refractivity (Wildman–Crippen MR) is 81.3 cm³/mol. The Morgan fingerprint density at radius 2 is 1.56 bits per heavy atom. The SMILES string of the molecule is CCCCCNC(=NC)NCCCN(CC)CC. The summed E-state index contributed by atoms with van der Waals surface area (Å²) in [4.78, 5) is 6.67. The highest BCUT2D eigenvalue weighted by Gasteiger charge is 1.99. The highest BCUT2D eigenvalue weighted by atomic mass is 15.2. The molecule has 0 amide bonds. The lowest BCUT2D eigenvalue weighted by molar-refractivity contribution is 0.300. The Kier molecular flexibility index (Phi) is 12.1. The van der Waals surface area contributed by atoms with Crippen molar-refractivity contribution in [2.75, 3.05) is 39.8 Å². The fourth-order valence-electron chi connectivity index (χ4n) is 1.85.